The molecule has 0 spiro atoms. The van der Waals surface area contributed by atoms with E-state index in [-0.39, 0.29) is 17.5 Å². The van der Waals surface area contributed by atoms with Crippen LogP contribution >= 0.6 is 0 Å². The number of aliphatic hydroxyl groups is 1. The lowest BCUT2D eigenvalue weighted by atomic mass is 10.0. The van der Waals surface area contributed by atoms with Gasteiger partial charge >= 0.3 is 0 Å². The SMILES string of the molecule is O=c1c2ccccc2c(-c2ccccc2)nn1-c1cc(N2CCC(O)CC2)ccc1[N+](=O)[O-]. The molecular formula is C25H22N4O4. The maximum atomic E-state index is 13.4. The molecule has 166 valence electrons. The Morgan fingerprint density at radius 2 is 1.61 bits per heavy atom. The number of aromatic nitrogens is 2. The van der Waals surface area contributed by atoms with Gasteiger partial charge in [0.15, 0.2) is 0 Å². The highest BCUT2D eigenvalue weighted by Crippen LogP contribution is 2.31. The summed E-state index contributed by atoms with van der Waals surface area (Å²) in [5.74, 6) is 0. The van der Waals surface area contributed by atoms with Gasteiger partial charge < -0.3 is 10.0 Å². The zero-order chi connectivity index (χ0) is 22.9. The van der Waals surface area contributed by atoms with E-state index in [4.69, 9.17) is 0 Å². The largest absolute Gasteiger partial charge is 0.393 e. The predicted octanol–water partition coefficient (Wildman–Crippen LogP) is 3.92. The number of benzene rings is 3. The van der Waals surface area contributed by atoms with Crippen molar-refractivity contribution in [2.45, 2.75) is 18.9 Å². The Hall–Kier alpha value is -4.04. The van der Waals surface area contributed by atoms with Crippen molar-refractivity contribution in [3.63, 3.8) is 0 Å². The summed E-state index contributed by atoms with van der Waals surface area (Å²) in [4.78, 5) is 26.9. The van der Waals surface area contributed by atoms with E-state index in [1.54, 1.807) is 24.3 Å². The Balaban J connectivity index is 1.75. The summed E-state index contributed by atoms with van der Waals surface area (Å²) in [5, 5.41) is 27.4. The minimum Gasteiger partial charge on any atom is -0.393 e. The van der Waals surface area contributed by atoms with Gasteiger partial charge in [-0.15, -0.1) is 0 Å². The average molecular weight is 442 g/mol. The van der Waals surface area contributed by atoms with Crippen LogP contribution in [0.2, 0.25) is 0 Å². The Bertz CT molecular complexity index is 1390. The first kappa shape index (κ1) is 20.8. The second kappa shape index (κ2) is 8.48. The number of piperidine rings is 1. The molecule has 0 atom stereocenters. The van der Waals surface area contributed by atoms with Gasteiger partial charge in [0.05, 0.1) is 22.1 Å². The number of hydrogen-bond donors (Lipinski definition) is 1. The van der Waals surface area contributed by atoms with Gasteiger partial charge in [-0.05, 0) is 31.0 Å². The highest BCUT2D eigenvalue weighted by Gasteiger charge is 2.24. The van der Waals surface area contributed by atoms with Gasteiger partial charge in [0.25, 0.3) is 11.2 Å². The second-order valence-corrected chi connectivity index (χ2v) is 8.13. The highest BCUT2D eigenvalue weighted by molar-refractivity contribution is 5.94. The van der Waals surface area contributed by atoms with E-state index < -0.39 is 10.5 Å². The Morgan fingerprint density at radius 3 is 2.30 bits per heavy atom. The van der Waals surface area contributed by atoms with Gasteiger partial charge in [0.1, 0.15) is 5.69 Å². The van der Waals surface area contributed by atoms with Crippen LogP contribution in [0.25, 0.3) is 27.7 Å². The molecule has 0 bridgehead atoms. The zero-order valence-corrected chi connectivity index (χ0v) is 17.8. The van der Waals surface area contributed by atoms with Crippen molar-refractivity contribution in [3.8, 4) is 16.9 Å². The monoisotopic (exact) mass is 442 g/mol. The van der Waals surface area contributed by atoms with Gasteiger partial charge in [-0.3, -0.25) is 14.9 Å². The van der Waals surface area contributed by atoms with Crippen molar-refractivity contribution in [2.75, 3.05) is 18.0 Å². The van der Waals surface area contributed by atoms with Crippen molar-refractivity contribution in [2.24, 2.45) is 0 Å². The molecule has 3 aromatic carbocycles. The molecule has 0 unspecified atom stereocenters. The van der Waals surface area contributed by atoms with Crippen molar-refractivity contribution in [3.05, 3.63) is 93.3 Å². The van der Waals surface area contributed by atoms with Crippen molar-refractivity contribution in [1.29, 1.82) is 0 Å². The van der Waals surface area contributed by atoms with Crippen LogP contribution in [-0.2, 0) is 0 Å². The lowest BCUT2D eigenvalue weighted by Gasteiger charge is -2.31. The van der Waals surface area contributed by atoms with E-state index in [0.29, 0.717) is 42.4 Å². The van der Waals surface area contributed by atoms with Crippen LogP contribution in [0.5, 0.6) is 0 Å². The first-order valence-corrected chi connectivity index (χ1v) is 10.8. The normalized spacial score (nSPS) is 14.5. The van der Waals surface area contributed by atoms with E-state index in [2.05, 4.69) is 10.00 Å². The smallest absolute Gasteiger partial charge is 0.295 e. The second-order valence-electron chi connectivity index (χ2n) is 8.13. The summed E-state index contributed by atoms with van der Waals surface area (Å²) >= 11 is 0. The fourth-order valence-electron chi connectivity index (χ4n) is 4.32. The van der Waals surface area contributed by atoms with Gasteiger partial charge in [-0.25, -0.2) is 0 Å². The molecule has 4 aromatic rings. The molecule has 8 nitrogen and oxygen atoms in total. The highest BCUT2D eigenvalue weighted by atomic mass is 16.6. The molecule has 0 amide bonds. The Labute approximate surface area is 189 Å². The fraction of sp³-hybridized carbons (Fsp3) is 0.200. The lowest BCUT2D eigenvalue weighted by Crippen LogP contribution is -2.36. The van der Waals surface area contributed by atoms with E-state index in [9.17, 15) is 20.0 Å². The quantitative estimate of drug-likeness (QED) is 0.380. The molecule has 8 heteroatoms. The summed E-state index contributed by atoms with van der Waals surface area (Å²) in [7, 11) is 0. The molecule has 0 saturated carbocycles. The Morgan fingerprint density at radius 1 is 0.939 bits per heavy atom. The van der Waals surface area contributed by atoms with E-state index in [0.717, 1.165) is 15.9 Å². The van der Waals surface area contributed by atoms with Crippen molar-refractivity contribution in [1.82, 2.24) is 9.78 Å². The maximum Gasteiger partial charge on any atom is 0.295 e. The maximum absolute atomic E-state index is 13.4. The molecule has 5 rings (SSSR count). The third-order valence-electron chi connectivity index (χ3n) is 6.07. The van der Waals surface area contributed by atoms with Gasteiger partial charge in [0.2, 0.25) is 0 Å². The number of nitro benzene ring substituents is 1. The molecule has 1 saturated heterocycles. The van der Waals surface area contributed by atoms with Gasteiger partial charge in [-0.1, -0.05) is 48.5 Å². The molecular weight excluding hydrogens is 420 g/mol. The third-order valence-corrected chi connectivity index (χ3v) is 6.07. The molecule has 1 N–H and O–H groups in total. The molecule has 1 aliphatic rings. The van der Waals surface area contributed by atoms with Crippen LogP contribution in [0.3, 0.4) is 0 Å². The van der Waals surface area contributed by atoms with Gasteiger partial charge in [-0.2, -0.15) is 9.78 Å². The first-order valence-electron chi connectivity index (χ1n) is 10.8. The first-order chi connectivity index (χ1) is 16.0. The summed E-state index contributed by atoms with van der Waals surface area (Å²) in [6.07, 6.45) is 0.911. The number of aliphatic hydroxyl groups excluding tert-OH is 1. The third kappa shape index (κ3) is 3.85. The van der Waals surface area contributed by atoms with Crippen molar-refractivity contribution < 1.29 is 10.0 Å². The fourth-order valence-corrected chi connectivity index (χ4v) is 4.32. The number of nitro groups is 1. The Kier molecular flexibility index (Phi) is 5.35. The van der Waals surface area contributed by atoms with Gasteiger partial charge in [0, 0.05) is 35.8 Å². The van der Waals surface area contributed by atoms with Crippen molar-refractivity contribution >= 4 is 22.1 Å². The minimum absolute atomic E-state index is 0.122. The number of hydrogen-bond acceptors (Lipinski definition) is 6. The van der Waals surface area contributed by atoms with Crippen LogP contribution < -0.4 is 10.5 Å². The predicted molar refractivity (Wildman–Crippen MR) is 127 cm³/mol. The lowest BCUT2D eigenvalue weighted by molar-refractivity contribution is -0.384. The number of rotatable bonds is 4. The van der Waals surface area contributed by atoms with E-state index in [1.807, 2.05) is 42.5 Å². The standard InChI is InChI=1S/C25H22N4O4/c30-19-12-14-27(15-13-19)18-10-11-22(29(32)33)23(16-18)28-25(31)21-9-5-4-8-20(21)24(26-28)17-6-2-1-3-7-17/h1-11,16,19,30H,12-15H2. The van der Waals surface area contributed by atoms with E-state index >= 15 is 0 Å². The molecule has 0 aliphatic carbocycles. The molecule has 33 heavy (non-hydrogen) atoms. The molecule has 1 fully saturated rings. The van der Waals surface area contributed by atoms with Crippen LogP contribution in [0, 0.1) is 10.1 Å². The van der Waals surface area contributed by atoms with Crippen LogP contribution in [-0.4, -0.2) is 39.0 Å². The number of fused-ring (bicyclic) bond motifs is 1. The topological polar surface area (TPSA) is 102 Å². The molecule has 1 aliphatic heterocycles. The summed E-state index contributed by atoms with van der Waals surface area (Å²) < 4.78 is 1.14. The zero-order valence-electron chi connectivity index (χ0n) is 17.8. The molecule has 2 heterocycles. The number of nitrogens with zero attached hydrogens (tertiary/aromatic N) is 4. The van der Waals surface area contributed by atoms with Crippen LogP contribution in [0.4, 0.5) is 11.4 Å². The summed E-state index contributed by atoms with van der Waals surface area (Å²) in [6.45, 7) is 1.27. The molecule has 1 aromatic heterocycles. The van der Waals surface area contributed by atoms with Crippen LogP contribution in [0.15, 0.2) is 77.6 Å². The average Bonchev–Trinajstić information content (AvgIpc) is 2.85. The summed E-state index contributed by atoms with van der Waals surface area (Å²) in [5.41, 5.74) is 1.65. The summed E-state index contributed by atoms with van der Waals surface area (Å²) in [6, 6.07) is 21.4. The van der Waals surface area contributed by atoms with E-state index in [1.165, 1.54) is 6.07 Å². The van der Waals surface area contributed by atoms with Crippen LogP contribution in [0.1, 0.15) is 12.8 Å². The number of anilines is 1. The minimum atomic E-state index is -0.495. The molecule has 0 radical (unpaired) electrons.